The first-order valence-corrected chi connectivity index (χ1v) is 5.94. The molecule has 0 saturated heterocycles. The van der Waals surface area contributed by atoms with Gasteiger partial charge in [-0.3, -0.25) is 10.1 Å². The molecular formula is C14H15NO4. The standard InChI is InChI=1S/C14H15NO4/c1-9(2)19-14-7-10-5-4-6-12(15(16)17)11(10)8-13(14)18-3/h4-9H,1-3H3. The van der Waals surface area contributed by atoms with E-state index in [1.165, 1.54) is 13.2 Å². The Hall–Kier alpha value is -2.30. The molecule has 19 heavy (non-hydrogen) atoms. The summed E-state index contributed by atoms with van der Waals surface area (Å²) in [6.45, 7) is 3.83. The number of nitrogens with zero attached hydrogens (tertiary/aromatic N) is 1. The second kappa shape index (κ2) is 5.14. The molecule has 0 amide bonds. The largest absolute Gasteiger partial charge is 0.493 e. The Morgan fingerprint density at radius 3 is 2.53 bits per heavy atom. The van der Waals surface area contributed by atoms with Crippen LogP contribution in [0.4, 0.5) is 5.69 Å². The van der Waals surface area contributed by atoms with Crippen molar-refractivity contribution in [3.8, 4) is 11.5 Å². The summed E-state index contributed by atoms with van der Waals surface area (Å²) >= 11 is 0. The van der Waals surface area contributed by atoms with Crippen molar-refractivity contribution in [2.75, 3.05) is 7.11 Å². The van der Waals surface area contributed by atoms with E-state index in [2.05, 4.69) is 0 Å². The average Bonchev–Trinajstić information content (AvgIpc) is 2.36. The van der Waals surface area contributed by atoms with E-state index in [0.717, 1.165) is 5.39 Å². The molecule has 0 N–H and O–H groups in total. The fourth-order valence-electron chi connectivity index (χ4n) is 1.93. The van der Waals surface area contributed by atoms with Gasteiger partial charge >= 0.3 is 0 Å². The van der Waals surface area contributed by atoms with Gasteiger partial charge in [0.15, 0.2) is 11.5 Å². The number of nitro groups is 1. The van der Waals surface area contributed by atoms with E-state index in [-0.39, 0.29) is 11.8 Å². The van der Waals surface area contributed by atoms with Crippen LogP contribution in [-0.2, 0) is 0 Å². The number of ether oxygens (including phenoxy) is 2. The molecule has 0 aliphatic carbocycles. The van der Waals surface area contributed by atoms with Crippen molar-refractivity contribution >= 4 is 16.5 Å². The van der Waals surface area contributed by atoms with E-state index in [1.807, 2.05) is 19.9 Å². The molecular weight excluding hydrogens is 246 g/mol. The van der Waals surface area contributed by atoms with E-state index in [9.17, 15) is 10.1 Å². The van der Waals surface area contributed by atoms with E-state index < -0.39 is 4.92 Å². The molecule has 5 heteroatoms. The minimum Gasteiger partial charge on any atom is -0.493 e. The SMILES string of the molecule is COc1cc2c([N+](=O)[O-])cccc2cc1OC(C)C. The maximum absolute atomic E-state index is 11.0. The molecule has 5 nitrogen and oxygen atoms in total. The lowest BCUT2D eigenvalue weighted by atomic mass is 10.1. The van der Waals surface area contributed by atoms with Gasteiger partial charge in [-0.25, -0.2) is 0 Å². The first kappa shape index (κ1) is 13.1. The zero-order chi connectivity index (χ0) is 14.0. The van der Waals surface area contributed by atoms with Gasteiger partial charge in [0, 0.05) is 6.07 Å². The quantitative estimate of drug-likeness (QED) is 0.623. The maximum Gasteiger partial charge on any atom is 0.277 e. The van der Waals surface area contributed by atoms with Crippen molar-refractivity contribution in [2.45, 2.75) is 20.0 Å². The molecule has 2 rings (SSSR count). The summed E-state index contributed by atoms with van der Waals surface area (Å²) < 4.78 is 10.9. The van der Waals surface area contributed by atoms with Gasteiger partial charge in [-0.1, -0.05) is 12.1 Å². The number of hydrogen-bond acceptors (Lipinski definition) is 4. The van der Waals surface area contributed by atoms with Gasteiger partial charge in [-0.2, -0.15) is 0 Å². The van der Waals surface area contributed by atoms with Crippen molar-refractivity contribution in [1.82, 2.24) is 0 Å². The van der Waals surface area contributed by atoms with E-state index in [0.29, 0.717) is 16.9 Å². The normalized spacial score (nSPS) is 10.7. The topological polar surface area (TPSA) is 61.6 Å². The summed E-state index contributed by atoms with van der Waals surface area (Å²) in [5.41, 5.74) is 0.0619. The number of benzene rings is 2. The van der Waals surface area contributed by atoms with Crippen molar-refractivity contribution in [2.24, 2.45) is 0 Å². The highest BCUT2D eigenvalue weighted by molar-refractivity contribution is 5.93. The lowest BCUT2D eigenvalue weighted by Gasteiger charge is -2.14. The van der Waals surface area contributed by atoms with Gasteiger partial charge in [0.2, 0.25) is 0 Å². The highest BCUT2D eigenvalue weighted by Gasteiger charge is 2.15. The second-order valence-corrected chi connectivity index (χ2v) is 4.43. The fourth-order valence-corrected chi connectivity index (χ4v) is 1.93. The van der Waals surface area contributed by atoms with Crippen LogP contribution in [0.5, 0.6) is 11.5 Å². The third-order valence-corrected chi connectivity index (χ3v) is 2.70. The summed E-state index contributed by atoms with van der Waals surface area (Å²) in [6, 6.07) is 8.36. The molecule has 0 unspecified atom stereocenters. The fraction of sp³-hybridized carbons (Fsp3) is 0.286. The molecule has 0 bridgehead atoms. The molecule has 0 fully saturated rings. The highest BCUT2D eigenvalue weighted by atomic mass is 16.6. The average molecular weight is 261 g/mol. The number of rotatable bonds is 4. The zero-order valence-corrected chi connectivity index (χ0v) is 11.0. The minimum absolute atomic E-state index is 0.00467. The smallest absolute Gasteiger partial charge is 0.277 e. The Morgan fingerprint density at radius 1 is 1.21 bits per heavy atom. The third kappa shape index (κ3) is 2.59. The Kier molecular flexibility index (Phi) is 3.55. The highest BCUT2D eigenvalue weighted by Crippen LogP contribution is 2.36. The van der Waals surface area contributed by atoms with Gasteiger partial charge in [0.05, 0.1) is 23.5 Å². The van der Waals surface area contributed by atoms with Crippen molar-refractivity contribution < 1.29 is 14.4 Å². The number of fused-ring (bicyclic) bond motifs is 1. The van der Waals surface area contributed by atoms with Crippen molar-refractivity contribution in [3.05, 3.63) is 40.4 Å². The summed E-state index contributed by atoms with van der Waals surface area (Å²) in [4.78, 5) is 10.6. The molecule has 0 saturated carbocycles. The zero-order valence-electron chi connectivity index (χ0n) is 11.0. The van der Waals surface area contributed by atoms with Crippen LogP contribution in [0.3, 0.4) is 0 Å². The summed E-state index contributed by atoms with van der Waals surface area (Å²) in [5.74, 6) is 1.08. The first-order chi connectivity index (χ1) is 9.02. The maximum atomic E-state index is 11.0. The lowest BCUT2D eigenvalue weighted by molar-refractivity contribution is -0.383. The third-order valence-electron chi connectivity index (χ3n) is 2.70. The summed E-state index contributed by atoms with van der Waals surface area (Å²) in [5, 5.41) is 12.3. The molecule has 0 aliphatic rings. The van der Waals surface area contributed by atoms with Gasteiger partial charge in [-0.15, -0.1) is 0 Å². The molecule has 2 aromatic carbocycles. The molecule has 0 radical (unpaired) electrons. The van der Waals surface area contributed by atoms with E-state index in [4.69, 9.17) is 9.47 Å². The summed E-state index contributed by atoms with van der Waals surface area (Å²) in [7, 11) is 1.52. The lowest BCUT2D eigenvalue weighted by Crippen LogP contribution is -2.06. The number of non-ortho nitro benzene ring substituents is 1. The van der Waals surface area contributed by atoms with Crippen molar-refractivity contribution in [1.29, 1.82) is 0 Å². The van der Waals surface area contributed by atoms with Crippen LogP contribution >= 0.6 is 0 Å². The van der Waals surface area contributed by atoms with Crippen LogP contribution in [0.2, 0.25) is 0 Å². The molecule has 0 atom stereocenters. The molecule has 0 aromatic heterocycles. The van der Waals surface area contributed by atoms with Crippen LogP contribution in [-0.4, -0.2) is 18.1 Å². The van der Waals surface area contributed by atoms with Crippen LogP contribution in [0.1, 0.15) is 13.8 Å². The molecule has 0 spiro atoms. The Labute approximate surface area is 110 Å². The van der Waals surface area contributed by atoms with Gasteiger partial charge in [-0.05, 0) is 31.4 Å². The molecule has 0 aliphatic heterocycles. The van der Waals surface area contributed by atoms with Crippen LogP contribution < -0.4 is 9.47 Å². The van der Waals surface area contributed by atoms with E-state index >= 15 is 0 Å². The number of methoxy groups -OCH3 is 1. The predicted octanol–water partition coefficient (Wildman–Crippen LogP) is 3.54. The number of hydrogen-bond donors (Lipinski definition) is 0. The van der Waals surface area contributed by atoms with Gasteiger partial charge in [0.1, 0.15) is 0 Å². The Morgan fingerprint density at radius 2 is 1.95 bits per heavy atom. The van der Waals surface area contributed by atoms with Gasteiger partial charge < -0.3 is 9.47 Å². The molecule has 2 aromatic rings. The summed E-state index contributed by atoms with van der Waals surface area (Å²) in [6.07, 6.45) is 0.00467. The monoisotopic (exact) mass is 261 g/mol. The number of nitro benzene ring substituents is 1. The van der Waals surface area contributed by atoms with Crippen LogP contribution in [0.25, 0.3) is 10.8 Å². The Balaban J connectivity index is 2.66. The Bertz CT molecular complexity index is 622. The minimum atomic E-state index is -0.398. The second-order valence-electron chi connectivity index (χ2n) is 4.43. The van der Waals surface area contributed by atoms with E-state index in [1.54, 1.807) is 18.2 Å². The van der Waals surface area contributed by atoms with Crippen LogP contribution in [0, 0.1) is 10.1 Å². The predicted molar refractivity (Wildman–Crippen MR) is 72.9 cm³/mol. The van der Waals surface area contributed by atoms with Crippen molar-refractivity contribution in [3.63, 3.8) is 0 Å². The van der Waals surface area contributed by atoms with Crippen LogP contribution in [0.15, 0.2) is 30.3 Å². The first-order valence-electron chi connectivity index (χ1n) is 5.94. The van der Waals surface area contributed by atoms with Gasteiger partial charge in [0.25, 0.3) is 5.69 Å². The molecule has 100 valence electrons. The molecule has 0 heterocycles.